The maximum absolute atomic E-state index is 12.2. The first kappa shape index (κ1) is 19.3. The van der Waals surface area contributed by atoms with Crippen LogP contribution in [0.15, 0.2) is 36.4 Å². The molecule has 0 heterocycles. The monoisotopic (exact) mass is 380 g/mol. The van der Waals surface area contributed by atoms with Crippen LogP contribution in [0.5, 0.6) is 5.75 Å². The molecule has 2 aromatic rings. The number of hydrogen-bond acceptors (Lipinski definition) is 4. The van der Waals surface area contributed by atoms with Gasteiger partial charge in [-0.3, -0.25) is 4.79 Å². The maximum atomic E-state index is 12.2. The van der Waals surface area contributed by atoms with Gasteiger partial charge in [-0.25, -0.2) is 4.79 Å². The van der Waals surface area contributed by atoms with Crippen molar-refractivity contribution < 1.29 is 19.1 Å². The molecule has 25 heavy (non-hydrogen) atoms. The Morgan fingerprint density at radius 1 is 1.08 bits per heavy atom. The second kappa shape index (κ2) is 8.37. The third-order valence-electron chi connectivity index (χ3n) is 3.56. The normalized spacial score (nSPS) is 11.7. The Morgan fingerprint density at radius 3 is 2.44 bits per heavy atom. The summed E-state index contributed by atoms with van der Waals surface area (Å²) in [4.78, 5) is 24.2. The van der Waals surface area contributed by atoms with Gasteiger partial charge >= 0.3 is 5.97 Å². The van der Waals surface area contributed by atoms with Gasteiger partial charge < -0.3 is 9.47 Å². The summed E-state index contributed by atoms with van der Waals surface area (Å²) in [6, 6.07) is 10.2. The molecule has 0 aliphatic carbocycles. The number of ketones is 1. The van der Waals surface area contributed by atoms with E-state index in [2.05, 4.69) is 0 Å². The molecule has 0 aromatic heterocycles. The molecule has 0 aliphatic heterocycles. The van der Waals surface area contributed by atoms with Crippen molar-refractivity contribution in [1.82, 2.24) is 0 Å². The maximum Gasteiger partial charge on any atom is 0.347 e. The zero-order valence-electron chi connectivity index (χ0n) is 14.1. The fourth-order valence-corrected chi connectivity index (χ4v) is 2.72. The molecule has 2 rings (SSSR count). The van der Waals surface area contributed by atoms with Crippen LogP contribution in [0.4, 0.5) is 0 Å². The van der Waals surface area contributed by atoms with E-state index < -0.39 is 12.1 Å². The fourth-order valence-electron chi connectivity index (χ4n) is 2.27. The Hall–Kier alpha value is -2.04. The second-order valence-corrected chi connectivity index (χ2v) is 6.53. The molecule has 1 atom stereocenters. The van der Waals surface area contributed by atoms with E-state index in [0.717, 1.165) is 11.1 Å². The molecular weight excluding hydrogens is 363 g/mol. The Kier molecular flexibility index (Phi) is 6.45. The van der Waals surface area contributed by atoms with Crippen LogP contribution in [-0.4, -0.2) is 24.5 Å². The predicted molar refractivity (Wildman–Crippen MR) is 97.8 cm³/mol. The van der Waals surface area contributed by atoms with E-state index >= 15 is 0 Å². The van der Waals surface area contributed by atoms with Gasteiger partial charge in [0.2, 0.25) is 5.78 Å². The number of Topliss-reactive ketones (excluding diaryl/α,β-unsaturated/α-hetero) is 1. The summed E-state index contributed by atoms with van der Waals surface area (Å²) in [5, 5.41) is 0.755. The SMILES string of the molecule is Cc1ccc(C(=O)COC(=O)[C@@H](C)Oc2ccc(Cl)cc2Cl)c(C)c1. The minimum Gasteiger partial charge on any atom is -0.477 e. The molecular formula is C19H18Cl2O4. The molecule has 0 saturated heterocycles. The van der Waals surface area contributed by atoms with Gasteiger partial charge in [0.15, 0.2) is 12.7 Å². The lowest BCUT2D eigenvalue weighted by Crippen LogP contribution is -2.28. The quantitative estimate of drug-likeness (QED) is 0.533. The third-order valence-corrected chi connectivity index (χ3v) is 4.09. The summed E-state index contributed by atoms with van der Waals surface area (Å²) < 4.78 is 10.5. The number of carbonyl (C=O) groups is 2. The van der Waals surface area contributed by atoms with Gasteiger partial charge in [-0.2, -0.15) is 0 Å². The Morgan fingerprint density at radius 2 is 1.80 bits per heavy atom. The van der Waals surface area contributed by atoms with E-state index in [1.807, 2.05) is 26.0 Å². The molecule has 0 amide bonds. The number of esters is 1. The van der Waals surface area contributed by atoms with Crippen LogP contribution in [0, 0.1) is 13.8 Å². The summed E-state index contributed by atoms with van der Waals surface area (Å²) in [6.45, 7) is 4.97. The zero-order valence-corrected chi connectivity index (χ0v) is 15.6. The van der Waals surface area contributed by atoms with Gasteiger partial charge in [-0.05, 0) is 44.5 Å². The van der Waals surface area contributed by atoms with Crippen LogP contribution in [-0.2, 0) is 9.53 Å². The lowest BCUT2D eigenvalue weighted by molar-refractivity contribution is -0.149. The smallest absolute Gasteiger partial charge is 0.347 e. The lowest BCUT2D eigenvalue weighted by Gasteiger charge is -2.15. The topological polar surface area (TPSA) is 52.6 Å². The van der Waals surface area contributed by atoms with Crippen LogP contribution in [0.25, 0.3) is 0 Å². The molecule has 6 heteroatoms. The fraction of sp³-hybridized carbons (Fsp3) is 0.263. The van der Waals surface area contributed by atoms with Crippen LogP contribution in [0.2, 0.25) is 10.0 Å². The van der Waals surface area contributed by atoms with Crippen molar-refractivity contribution in [3.63, 3.8) is 0 Å². The first-order chi connectivity index (χ1) is 11.8. The molecule has 132 valence electrons. The average Bonchev–Trinajstić information content (AvgIpc) is 2.54. The van der Waals surface area contributed by atoms with Crippen molar-refractivity contribution in [1.29, 1.82) is 0 Å². The van der Waals surface area contributed by atoms with Crippen LogP contribution < -0.4 is 4.74 Å². The molecule has 0 radical (unpaired) electrons. The summed E-state index contributed by atoms with van der Waals surface area (Å²) >= 11 is 11.8. The van der Waals surface area contributed by atoms with E-state index in [4.69, 9.17) is 32.7 Å². The summed E-state index contributed by atoms with van der Waals surface area (Å²) in [6.07, 6.45) is -0.911. The number of hydrogen-bond donors (Lipinski definition) is 0. The molecule has 4 nitrogen and oxygen atoms in total. The molecule has 0 bridgehead atoms. The standard InChI is InChI=1S/C19H18Cl2O4/c1-11-4-6-15(12(2)8-11)17(22)10-24-19(23)13(3)25-18-7-5-14(20)9-16(18)21/h4-9,13H,10H2,1-3H3/t13-/m1/s1. The Bertz CT molecular complexity index is 802. The molecule has 0 N–H and O–H groups in total. The minimum absolute atomic E-state index is 0.262. The molecule has 0 spiro atoms. The Labute approximate surface area is 156 Å². The highest BCUT2D eigenvalue weighted by molar-refractivity contribution is 6.35. The van der Waals surface area contributed by atoms with Crippen molar-refractivity contribution in [3.05, 3.63) is 63.1 Å². The number of halogens is 2. The number of carbonyl (C=O) groups excluding carboxylic acids is 2. The van der Waals surface area contributed by atoms with Crippen LogP contribution in [0.1, 0.15) is 28.4 Å². The van der Waals surface area contributed by atoms with E-state index in [9.17, 15) is 9.59 Å². The van der Waals surface area contributed by atoms with Crippen LogP contribution in [0.3, 0.4) is 0 Å². The van der Waals surface area contributed by atoms with Crippen molar-refractivity contribution >= 4 is 35.0 Å². The van der Waals surface area contributed by atoms with Crippen molar-refractivity contribution in [2.24, 2.45) is 0 Å². The zero-order chi connectivity index (χ0) is 18.6. The average molecular weight is 381 g/mol. The Balaban J connectivity index is 1.93. The molecule has 0 aliphatic rings. The first-order valence-corrected chi connectivity index (χ1v) is 8.42. The number of benzene rings is 2. The van der Waals surface area contributed by atoms with Gasteiger partial charge in [0, 0.05) is 10.6 Å². The second-order valence-electron chi connectivity index (χ2n) is 5.68. The number of rotatable bonds is 6. The minimum atomic E-state index is -0.911. The van der Waals surface area contributed by atoms with E-state index in [-0.39, 0.29) is 12.4 Å². The van der Waals surface area contributed by atoms with Crippen molar-refractivity contribution in [2.75, 3.05) is 6.61 Å². The molecule has 0 unspecified atom stereocenters. The molecule has 0 fully saturated rings. The van der Waals surface area contributed by atoms with Crippen molar-refractivity contribution in [3.8, 4) is 5.75 Å². The third kappa shape index (κ3) is 5.21. The highest BCUT2D eigenvalue weighted by Crippen LogP contribution is 2.28. The van der Waals surface area contributed by atoms with Gasteiger partial charge in [-0.1, -0.05) is 47.0 Å². The van der Waals surface area contributed by atoms with E-state index in [1.54, 1.807) is 18.2 Å². The highest BCUT2D eigenvalue weighted by Gasteiger charge is 2.20. The van der Waals surface area contributed by atoms with Crippen LogP contribution >= 0.6 is 23.2 Å². The van der Waals surface area contributed by atoms with E-state index in [1.165, 1.54) is 13.0 Å². The highest BCUT2D eigenvalue weighted by atomic mass is 35.5. The van der Waals surface area contributed by atoms with Gasteiger partial charge in [0.05, 0.1) is 5.02 Å². The first-order valence-electron chi connectivity index (χ1n) is 7.66. The van der Waals surface area contributed by atoms with Crippen molar-refractivity contribution in [2.45, 2.75) is 26.9 Å². The largest absolute Gasteiger partial charge is 0.477 e. The van der Waals surface area contributed by atoms with Gasteiger partial charge in [0.25, 0.3) is 0 Å². The summed E-state index contributed by atoms with van der Waals surface area (Å²) in [7, 11) is 0. The van der Waals surface area contributed by atoms with E-state index in [0.29, 0.717) is 21.4 Å². The predicted octanol–water partition coefficient (Wildman–Crippen LogP) is 4.80. The molecule has 2 aromatic carbocycles. The van der Waals surface area contributed by atoms with Gasteiger partial charge in [0.1, 0.15) is 5.75 Å². The lowest BCUT2D eigenvalue weighted by atomic mass is 10.0. The molecule has 0 saturated carbocycles. The summed E-state index contributed by atoms with van der Waals surface area (Å²) in [5.41, 5.74) is 2.44. The number of ether oxygens (including phenoxy) is 2. The number of aryl methyl sites for hydroxylation is 2. The summed E-state index contributed by atoms with van der Waals surface area (Å²) in [5.74, 6) is -0.595. The van der Waals surface area contributed by atoms with Gasteiger partial charge in [-0.15, -0.1) is 0 Å².